The van der Waals surface area contributed by atoms with E-state index in [2.05, 4.69) is 34.7 Å². The number of nitrogens with one attached hydrogen (secondary N) is 1. The van der Waals surface area contributed by atoms with Crippen LogP contribution in [0.4, 0.5) is 10.5 Å². The average Bonchev–Trinajstić information content (AvgIpc) is 3.66. The van der Waals surface area contributed by atoms with Crippen LogP contribution in [0.5, 0.6) is 0 Å². The van der Waals surface area contributed by atoms with Gasteiger partial charge in [-0.05, 0) is 55.4 Å². The Balaban J connectivity index is 1.21. The lowest BCUT2D eigenvalue weighted by Gasteiger charge is -2.14. The lowest BCUT2D eigenvalue weighted by molar-refractivity contribution is -0.149. The van der Waals surface area contributed by atoms with Crippen LogP contribution >= 0.6 is 0 Å². The van der Waals surface area contributed by atoms with Gasteiger partial charge in [-0.3, -0.25) is 10.1 Å². The third kappa shape index (κ3) is 6.20. The van der Waals surface area contributed by atoms with Crippen molar-refractivity contribution in [2.24, 2.45) is 5.41 Å². The quantitative estimate of drug-likeness (QED) is 0.225. The first-order valence-electron chi connectivity index (χ1n) is 13.3. The first kappa shape index (κ1) is 26.2. The standard InChI is InChI=1S/C32H32N2O5/c1-3-37-30(35)32(18-19-32)21-24-9-11-25(12-10-24)26-13-15-27(16-14-26)29-28(22(2)34-39-29)33-31(36)38-20-17-23-7-5-4-6-8-23/h4-16H,3,17-21H2,1-2H3,(H,33,36). The van der Waals surface area contributed by atoms with Crippen LogP contribution in [0.1, 0.15) is 36.6 Å². The van der Waals surface area contributed by atoms with Gasteiger partial charge in [0.15, 0.2) is 5.76 Å². The number of nitrogens with zero attached hydrogens (tertiary/aromatic N) is 1. The van der Waals surface area contributed by atoms with E-state index in [4.69, 9.17) is 14.0 Å². The van der Waals surface area contributed by atoms with E-state index in [9.17, 15) is 9.59 Å². The molecule has 1 aliphatic rings. The number of hydrogen-bond donors (Lipinski definition) is 1. The van der Waals surface area contributed by atoms with Crippen molar-refractivity contribution in [2.45, 2.75) is 39.5 Å². The zero-order chi connectivity index (χ0) is 27.2. The van der Waals surface area contributed by atoms with Gasteiger partial charge in [0.2, 0.25) is 0 Å². The van der Waals surface area contributed by atoms with Gasteiger partial charge in [0.05, 0.1) is 18.6 Å². The molecule has 1 amide bonds. The summed E-state index contributed by atoms with van der Waals surface area (Å²) in [6.45, 7) is 4.31. The fourth-order valence-electron chi connectivity index (χ4n) is 4.67. The minimum atomic E-state index is -0.550. The molecule has 0 saturated heterocycles. The summed E-state index contributed by atoms with van der Waals surface area (Å²) in [6.07, 6.45) is 2.57. The zero-order valence-electron chi connectivity index (χ0n) is 22.2. The van der Waals surface area contributed by atoms with Crippen molar-refractivity contribution >= 4 is 17.7 Å². The topological polar surface area (TPSA) is 90.7 Å². The highest BCUT2D eigenvalue weighted by Gasteiger charge is 2.50. The third-order valence-corrected chi connectivity index (χ3v) is 7.10. The Morgan fingerprint density at radius 2 is 1.51 bits per heavy atom. The average molecular weight is 525 g/mol. The van der Waals surface area contributed by atoms with Crippen LogP contribution in [0.3, 0.4) is 0 Å². The van der Waals surface area contributed by atoms with Gasteiger partial charge in [0.25, 0.3) is 0 Å². The molecular weight excluding hydrogens is 492 g/mol. The van der Waals surface area contributed by atoms with E-state index in [1.807, 2.05) is 61.5 Å². The van der Waals surface area contributed by atoms with Gasteiger partial charge in [-0.2, -0.15) is 0 Å². The number of anilines is 1. The van der Waals surface area contributed by atoms with Crippen LogP contribution in [0.25, 0.3) is 22.5 Å². The summed E-state index contributed by atoms with van der Waals surface area (Å²) >= 11 is 0. The molecule has 7 nitrogen and oxygen atoms in total. The van der Waals surface area contributed by atoms with Crippen molar-refractivity contribution in [3.05, 3.63) is 95.7 Å². The molecule has 0 atom stereocenters. The first-order valence-corrected chi connectivity index (χ1v) is 13.3. The molecule has 7 heteroatoms. The highest BCUT2D eigenvalue weighted by Crippen LogP contribution is 2.49. The molecule has 3 aromatic carbocycles. The van der Waals surface area contributed by atoms with Crippen molar-refractivity contribution in [1.82, 2.24) is 5.16 Å². The van der Waals surface area contributed by atoms with E-state index in [0.717, 1.165) is 40.7 Å². The summed E-state index contributed by atoms with van der Waals surface area (Å²) in [4.78, 5) is 24.7. The molecule has 1 aliphatic carbocycles. The number of amides is 1. The van der Waals surface area contributed by atoms with Crippen molar-refractivity contribution in [3.63, 3.8) is 0 Å². The monoisotopic (exact) mass is 524 g/mol. The maximum absolute atomic E-state index is 12.4. The molecule has 0 bridgehead atoms. The Morgan fingerprint density at radius 3 is 2.15 bits per heavy atom. The molecule has 1 saturated carbocycles. The van der Waals surface area contributed by atoms with E-state index >= 15 is 0 Å². The van der Waals surface area contributed by atoms with E-state index in [1.165, 1.54) is 0 Å². The largest absolute Gasteiger partial charge is 0.466 e. The van der Waals surface area contributed by atoms with Gasteiger partial charge in [-0.25, -0.2) is 4.79 Å². The number of carbonyl (C=O) groups excluding carboxylic acids is 2. The molecule has 0 spiro atoms. The Morgan fingerprint density at radius 1 is 0.872 bits per heavy atom. The van der Waals surface area contributed by atoms with Crippen molar-refractivity contribution in [1.29, 1.82) is 0 Å². The van der Waals surface area contributed by atoms with Crippen molar-refractivity contribution < 1.29 is 23.6 Å². The molecule has 1 heterocycles. The minimum Gasteiger partial charge on any atom is -0.466 e. The number of hydrogen-bond acceptors (Lipinski definition) is 6. The molecule has 200 valence electrons. The number of benzene rings is 3. The molecule has 0 aliphatic heterocycles. The lowest BCUT2D eigenvalue weighted by Crippen LogP contribution is -2.21. The maximum Gasteiger partial charge on any atom is 0.411 e. The summed E-state index contributed by atoms with van der Waals surface area (Å²) in [5, 5.41) is 6.83. The van der Waals surface area contributed by atoms with E-state index in [0.29, 0.717) is 36.6 Å². The smallest absolute Gasteiger partial charge is 0.411 e. The predicted molar refractivity (Wildman–Crippen MR) is 149 cm³/mol. The summed E-state index contributed by atoms with van der Waals surface area (Å²) in [5.41, 5.74) is 5.86. The fraction of sp³-hybridized carbons (Fsp3) is 0.281. The van der Waals surface area contributed by atoms with E-state index in [1.54, 1.807) is 6.92 Å². The Hall–Kier alpha value is -4.39. The number of rotatable bonds is 10. The molecule has 0 radical (unpaired) electrons. The molecule has 1 aromatic heterocycles. The van der Waals surface area contributed by atoms with Crippen molar-refractivity contribution in [3.8, 4) is 22.5 Å². The van der Waals surface area contributed by atoms with Gasteiger partial charge in [-0.1, -0.05) is 84.0 Å². The van der Waals surface area contributed by atoms with Crippen LogP contribution in [0, 0.1) is 12.3 Å². The Bertz CT molecular complexity index is 1420. The third-order valence-electron chi connectivity index (χ3n) is 7.10. The van der Waals surface area contributed by atoms with Crippen LogP contribution in [0.2, 0.25) is 0 Å². The molecule has 4 aromatic rings. The van der Waals surface area contributed by atoms with Crippen LogP contribution in [-0.4, -0.2) is 30.4 Å². The van der Waals surface area contributed by atoms with E-state index < -0.39 is 6.09 Å². The molecule has 1 N–H and O–H groups in total. The second kappa shape index (κ2) is 11.6. The normalized spacial score (nSPS) is 13.5. The summed E-state index contributed by atoms with van der Waals surface area (Å²) in [6, 6.07) is 26.1. The van der Waals surface area contributed by atoms with Crippen molar-refractivity contribution in [2.75, 3.05) is 18.5 Å². The maximum atomic E-state index is 12.4. The second-order valence-electron chi connectivity index (χ2n) is 9.92. The SMILES string of the molecule is CCOC(=O)C1(Cc2ccc(-c3ccc(-c4onc(C)c4NC(=O)OCCc4ccccc4)cc3)cc2)CC1. The number of carbonyl (C=O) groups is 2. The summed E-state index contributed by atoms with van der Waals surface area (Å²) < 4.78 is 16.2. The van der Waals surface area contributed by atoms with Gasteiger partial charge in [0, 0.05) is 12.0 Å². The zero-order valence-corrected chi connectivity index (χ0v) is 22.2. The van der Waals surface area contributed by atoms with Crippen LogP contribution in [-0.2, 0) is 27.1 Å². The van der Waals surface area contributed by atoms with E-state index in [-0.39, 0.29) is 18.0 Å². The summed E-state index contributed by atoms with van der Waals surface area (Å²) in [5.74, 6) is 0.393. The number of aromatic nitrogens is 1. The number of aryl methyl sites for hydroxylation is 1. The first-order chi connectivity index (χ1) is 19.0. The molecule has 1 fully saturated rings. The fourth-order valence-corrected chi connectivity index (χ4v) is 4.67. The molecule has 0 unspecified atom stereocenters. The highest BCUT2D eigenvalue weighted by atomic mass is 16.5. The van der Waals surface area contributed by atoms with Gasteiger partial charge in [0.1, 0.15) is 11.4 Å². The molecule has 39 heavy (non-hydrogen) atoms. The van der Waals surface area contributed by atoms with Crippen LogP contribution in [0.15, 0.2) is 83.4 Å². The van der Waals surface area contributed by atoms with Gasteiger partial charge in [-0.15, -0.1) is 0 Å². The minimum absolute atomic E-state index is 0.0818. The van der Waals surface area contributed by atoms with Gasteiger partial charge < -0.3 is 14.0 Å². The van der Waals surface area contributed by atoms with Gasteiger partial charge >= 0.3 is 12.1 Å². The number of esters is 1. The molecular formula is C32H32N2O5. The second-order valence-corrected chi connectivity index (χ2v) is 9.92. The Labute approximate surface area is 228 Å². The lowest BCUT2D eigenvalue weighted by atomic mass is 9.94. The molecule has 5 rings (SSSR count). The Kier molecular flexibility index (Phi) is 7.77. The highest BCUT2D eigenvalue weighted by molar-refractivity contribution is 5.91. The predicted octanol–water partition coefficient (Wildman–Crippen LogP) is 6.99. The van der Waals surface area contributed by atoms with Crippen LogP contribution < -0.4 is 5.32 Å². The summed E-state index contributed by atoms with van der Waals surface area (Å²) in [7, 11) is 0. The number of ether oxygens (including phenoxy) is 2.